The highest BCUT2D eigenvalue weighted by molar-refractivity contribution is 5.18. The Bertz CT molecular complexity index is 649. The summed E-state index contributed by atoms with van der Waals surface area (Å²) in [6, 6.07) is 6.84. The van der Waals surface area contributed by atoms with Crippen molar-refractivity contribution in [3.05, 3.63) is 53.1 Å². The predicted molar refractivity (Wildman–Crippen MR) is 87.4 cm³/mol. The Morgan fingerprint density at radius 2 is 2.26 bits per heavy atom. The van der Waals surface area contributed by atoms with Crippen LogP contribution < -0.4 is 0 Å². The van der Waals surface area contributed by atoms with Gasteiger partial charge in [0, 0.05) is 44.5 Å². The number of aromatic nitrogens is 2. The minimum absolute atomic E-state index is 0.183. The molecule has 1 aliphatic rings. The molecule has 2 heterocycles. The van der Waals surface area contributed by atoms with E-state index in [4.69, 9.17) is 4.74 Å². The molecule has 1 aromatic carbocycles. The van der Waals surface area contributed by atoms with Gasteiger partial charge in [0.25, 0.3) is 0 Å². The Hall–Kier alpha value is -1.72. The fourth-order valence-corrected chi connectivity index (χ4v) is 3.10. The summed E-state index contributed by atoms with van der Waals surface area (Å²) >= 11 is 0. The lowest BCUT2D eigenvalue weighted by Gasteiger charge is -2.25. The Morgan fingerprint density at radius 3 is 2.91 bits per heavy atom. The van der Waals surface area contributed by atoms with Crippen molar-refractivity contribution in [3.8, 4) is 0 Å². The molecule has 0 saturated carbocycles. The van der Waals surface area contributed by atoms with Crippen LogP contribution in [0.15, 0.2) is 30.5 Å². The van der Waals surface area contributed by atoms with Crippen molar-refractivity contribution in [3.63, 3.8) is 0 Å². The molecule has 0 aliphatic carbocycles. The van der Waals surface area contributed by atoms with E-state index < -0.39 is 0 Å². The Labute approximate surface area is 136 Å². The summed E-state index contributed by atoms with van der Waals surface area (Å²) in [6.07, 6.45) is 4.43. The van der Waals surface area contributed by atoms with Gasteiger partial charge in [0.2, 0.25) is 0 Å². The van der Waals surface area contributed by atoms with Gasteiger partial charge < -0.3 is 4.74 Å². The summed E-state index contributed by atoms with van der Waals surface area (Å²) in [5.41, 5.74) is 3.37. The SMILES string of the molecule is Cc1c(CN(Cc2cccc(F)c2)C[C@H]2CCCO2)cnn1C. The first-order valence-corrected chi connectivity index (χ1v) is 8.17. The maximum absolute atomic E-state index is 13.5. The Balaban J connectivity index is 1.73. The van der Waals surface area contributed by atoms with Gasteiger partial charge in [-0.05, 0) is 37.5 Å². The average Bonchev–Trinajstić information content (AvgIpc) is 3.13. The van der Waals surface area contributed by atoms with E-state index in [1.165, 1.54) is 17.3 Å². The van der Waals surface area contributed by atoms with Gasteiger partial charge >= 0.3 is 0 Å². The standard InChI is InChI=1S/C18H24FN3O/c1-14-16(10-20-21(14)2)12-22(13-18-7-4-8-23-18)11-15-5-3-6-17(19)9-15/h3,5-6,9-10,18H,4,7-8,11-13H2,1-2H3/t18-/m1/s1. The van der Waals surface area contributed by atoms with Crippen LogP contribution in [0.3, 0.4) is 0 Å². The second-order valence-electron chi connectivity index (χ2n) is 6.31. The number of benzene rings is 1. The smallest absolute Gasteiger partial charge is 0.123 e. The van der Waals surface area contributed by atoms with Crippen molar-refractivity contribution < 1.29 is 9.13 Å². The van der Waals surface area contributed by atoms with E-state index in [9.17, 15) is 4.39 Å². The lowest BCUT2D eigenvalue weighted by atomic mass is 10.1. The lowest BCUT2D eigenvalue weighted by molar-refractivity contribution is 0.0678. The molecule has 0 unspecified atom stereocenters. The molecule has 3 rings (SSSR count). The second kappa shape index (κ2) is 7.23. The first kappa shape index (κ1) is 16.1. The number of aryl methyl sites for hydroxylation is 1. The molecule has 1 aromatic heterocycles. The molecular formula is C18H24FN3O. The van der Waals surface area contributed by atoms with Crippen LogP contribution in [0.2, 0.25) is 0 Å². The molecule has 0 N–H and O–H groups in total. The van der Waals surface area contributed by atoms with Gasteiger partial charge in [0.15, 0.2) is 0 Å². The molecule has 4 nitrogen and oxygen atoms in total. The summed E-state index contributed by atoms with van der Waals surface area (Å²) in [6.45, 7) is 5.31. The summed E-state index contributed by atoms with van der Waals surface area (Å²) in [4.78, 5) is 2.33. The van der Waals surface area contributed by atoms with E-state index in [-0.39, 0.29) is 11.9 Å². The number of ether oxygens (including phenoxy) is 1. The van der Waals surface area contributed by atoms with Crippen LogP contribution in [-0.2, 0) is 24.9 Å². The molecule has 1 atom stereocenters. The summed E-state index contributed by atoms with van der Waals surface area (Å²) < 4.78 is 21.1. The monoisotopic (exact) mass is 317 g/mol. The predicted octanol–water partition coefficient (Wildman–Crippen LogP) is 3.05. The molecule has 1 saturated heterocycles. The largest absolute Gasteiger partial charge is 0.377 e. The van der Waals surface area contributed by atoms with Crippen LogP contribution in [0.4, 0.5) is 4.39 Å². The van der Waals surface area contributed by atoms with E-state index in [1.807, 2.05) is 24.0 Å². The Kier molecular flexibility index (Phi) is 5.08. The molecular weight excluding hydrogens is 293 g/mol. The third kappa shape index (κ3) is 4.18. The number of nitrogens with zero attached hydrogens (tertiary/aromatic N) is 3. The van der Waals surface area contributed by atoms with Gasteiger partial charge in [0.1, 0.15) is 5.82 Å². The van der Waals surface area contributed by atoms with E-state index in [1.54, 1.807) is 12.1 Å². The zero-order valence-electron chi connectivity index (χ0n) is 13.8. The third-order valence-corrected chi connectivity index (χ3v) is 4.51. The zero-order valence-corrected chi connectivity index (χ0v) is 13.8. The molecule has 1 fully saturated rings. The third-order valence-electron chi connectivity index (χ3n) is 4.51. The van der Waals surface area contributed by atoms with Crippen LogP contribution in [0.5, 0.6) is 0 Å². The lowest BCUT2D eigenvalue weighted by Crippen LogP contribution is -2.31. The fraction of sp³-hybridized carbons (Fsp3) is 0.500. The van der Waals surface area contributed by atoms with Crippen molar-refractivity contribution in [1.82, 2.24) is 14.7 Å². The molecule has 0 amide bonds. The van der Waals surface area contributed by atoms with Gasteiger partial charge in [-0.15, -0.1) is 0 Å². The van der Waals surface area contributed by atoms with Gasteiger partial charge in [-0.25, -0.2) is 4.39 Å². The highest BCUT2D eigenvalue weighted by atomic mass is 19.1. The summed E-state index contributed by atoms with van der Waals surface area (Å²) in [5.74, 6) is -0.183. The van der Waals surface area contributed by atoms with Gasteiger partial charge in [-0.1, -0.05) is 12.1 Å². The van der Waals surface area contributed by atoms with E-state index >= 15 is 0 Å². The number of hydrogen-bond donors (Lipinski definition) is 0. The van der Waals surface area contributed by atoms with Crippen molar-refractivity contribution in [2.24, 2.45) is 7.05 Å². The van der Waals surface area contributed by atoms with Gasteiger partial charge in [-0.2, -0.15) is 5.10 Å². The van der Waals surface area contributed by atoms with E-state index in [0.29, 0.717) is 6.54 Å². The highest BCUT2D eigenvalue weighted by Crippen LogP contribution is 2.18. The highest BCUT2D eigenvalue weighted by Gasteiger charge is 2.20. The van der Waals surface area contributed by atoms with Crippen molar-refractivity contribution in [1.29, 1.82) is 0 Å². The van der Waals surface area contributed by atoms with Crippen LogP contribution in [0.1, 0.15) is 29.7 Å². The van der Waals surface area contributed by atoms with Crippen LogP contribution >= 0.6 is 0 Å². The molecule has 0 spiro atoms. The summed E-state index contributed by atoms with van der Waals surface area (Å²) in [5, 5.41) is 4.32. The molecule has 124 valence electrons. The first-order valence-electron chi connectivity index (χ1n) is 8.17. The van der Waals surface area contributed by atoms with Crippen LogP contribution in [-0.4, -0.2) is 33.9 Å². The quantitative estimate of drug-likeness (QED) is 0.820. The Morgan fingerprint density at radius 1 is 1.39 bits per heavy atom. The van der Waals surface area contributed by atoms with Crippen LogP contribution in [0, 0.1) is 12.7 Å². The zero-order chi connectivity index (χ0) is 16.2. The number of rotatable bonds is 6. The normalized spacial score (nSPS) is 18.0. The first-order chi connectivity index (χ1) is 11.1. The van der Waals surface area contributed by atoms with E-state index in [2.05, 4.69) is 16.9 Å². The molecule has 23 heavy (non-hydrogen) atoms. The molecule has 1 aliphatic heterocycles. The number of hydrogen-bond acceptors (Lipinski definition) is 3. The minimum Gasteiger partial charge on any atom is -0.377 e. The second-order valence-corrected chi connectivity index (χ2v) is 6.31. The molecule has 0 radical (unpaired) electrons. The fourth-order valence-electron chi connectivity index (χ4n) is 3.10. The number of halogens is 1. The minimum atomic E-state index is -0.183. The maximum Gasteiger partial charge on any atom is 0.123 e. The summed E-state index contributed by atoms with van der Waals surface area (Å²) in [7, 11) is 1.95. The van der Waals surface area contributed by atoms with Crippen molar-refractivity contribution in [2.45, 2.75) is 39.0 Å². The average molecular weight is 317 g/mol. The topological polar surface area (TPSA) is 30.3 Å². The molecule has 5 heteroatoms. The van der Waals surface area contributed by atoms with E-state index in [0.717, 1.165) is 38.1 Å². The van der Waals surface area contributed by atoms with Crippen LogP contribution in [0.25, 0.3) is 0 Å². The van der Waals surface area contributed by atoms with Gasteiger partial charge in [0.05, 0.1) is 12.3 Å². The van der Waals surface area contributed by atoms with Crippen molar-refractivity contribution in [2.75, 3.05) is 13.2 Å². The van der Waals surface area contributed by atoms with Crippen molar-refractivity contribution >= 4 is 0 Å². The van der Waals surface area contributed by atoms with Gasteiger partial charge in [-0.3, -0.25) is 9.58 Å². The molecule has 2 aromatic rings. The molecule has 0 bridgehead atoms. The maximum atomic E-state index is 13.5.